The Morgan fingerprint density at radius 3 is 2.47 bits per heavy atom. The van der Waals surface area contributed by atoms with Crippen LogP contribution in [0.2, 0.25) is 0 Å². The number of benzene rings is 4. The van der Waals surface area contributed by atoms with Gasteiger partial charge in [-0.2, -0.15) is 10.1 Å². The highest BCUT2D eigenvalue weighted by molar-refractivity contribution is 6.32. The molecule has 1 heterocycles. The summed E-state index contributed by atoms with van der Waals surface area (Å²) in [5, 5.41) is 8.22. The standard InChI is InChI=1S/C29H24N2O3/c1-20-26(29(32)31(30-20)24-12-4-3-5-13-24)17-21-15-16-27(28(18-21)33-2)34-19-23-11-8-10-22-9-6-7-14-25(22)23/h3-18H,19H2,1-2H3/b26-17+. The summed E-state index contributed by atoms with van der Waals surface area (Å²) < 4.78 is 11.7. The average molecular weight is 449 g/mol. The molecule has 0 aliphatic carbocycles. The van der Waals surface area contributed by atoms with Crippen LogP contribution in [-0.4, -0.2) is 18.7 Å². The van der Waals surface area contributed by atoms with Crippen LogP contribution in [-0.2, 0) is 11.4 Å². The number of hydrogen-bond acceptors (Lipinski definition) is 4. The van der Waals surface area contributed by atoms with E-state index in [4.69, 9.17) is 9.47 Å². The van der Waals surface area contributed by atoms with Gasteiger partial charge in [-0.1, -0.05) is 66.7 Å². The van der Waals surface area contributed by atoms with Crippen LogP contribution in [0, 0.1) is 0 Å². The number of ether oxygens (including phenoxy) is 2. The number of anilines is 1. The third-order valence-corrected chi connectivity index (χ3v) is 5.83. The quantitative estimate of drug-likeness (QED) is 0.328. The Kier molecular flexibility index (Phi) is 5.83. The molecule has 5 rings (SSSR count). The van der Waals surface area contributed by atoms with Crippen molar-refractivity contribution in [3.8, 4) is 11.5 Å². The summed E-state index contributed by atoms with van der Waals surface area (Å²) in [5.74, 6) is 1.10. The molecule has 0 atom stereocenters. The molecule has 168 valence electrons. The van der Waals surface area contributed by atoms with E-state index >= 15 is 0 Å². The molecule has 0 N–H and O–H groups in total. The van der Waals surface area contributed by atoms with Crippen LogP contribution < -0.4 is 14.5 Å². The molecule has 1 aliphatic rings. The normalized spacial score (nSPS) is 14.5. The molecule has 0 saturated heterocycles. The zero-order valence-electron chi connectivity index (χ0n) is 19.1. The summed E-state index contributed by atoms with van der Waals surface area (Å²) in [5.41, 5.74) is 3.90. The van der Waals surface area contributed by atoms with Crippen molar-refractivity contribution in [3.05, 3.63) is 108 Å². The van der Waals surface area contributed by atoms with Crippen LogP contribution in [0.4, 0.5) is 5.69 Å². The van der Waals surface area contributed by atoms with E-state index < -0.39 is 0 Å². The molecule has 0 spiro atoms. The van der Waals surface area contributed by atoms with E-state index in [0.29, 0.717) is 29.4 Å². The van der Waals surface area contributed by atoms with Gasteiger partial charge < -0.3 is 9.47 Å². The van der Waals surface area contributed by atoms with Gasteiger partial charge in [-0.05, 0) is 59.2 Å². The second-order valence-electron chi connectivity index (χ2n) is 8.03. The maximum Gasteiger partial charge on any atom is 0.280 e. The Labute approximate surface area is 198 Å². The first-order chi connectivity index (χ1) is 16.6. The second kappa shape index (κ2) is 9.24. The van der Waals surface area contributed by atoms with Gasteiger partial charge in [-0.3, -0.25) is 4.79 Å². The summed E-state index contributed by atoms with van der Waals surface area (Å²) in [6.45, 7) is 2.26. The molecule has 4 aromatic carbocycles. The van der Waals surface area contributed by atoms with E-state index in [2.05, 4.69) is 29.4 Å². The predicted octanol–water partition coefficient (Wildman–Crippen LogP) is 6.23. The number of hydrazone groups is 1. The van der Waals surface area contributed by atoms with Crippen LogP contribution in [0.25, 0.3) is 16.8 Å². The first kappa shape index (κ1) is 21.5. The Morgan fingerprint density at radius 1 is 0.882 bits per heavy atom. The Bertz CT molecular complexity index is 1420. The van der Waals surface area contributed by atoms with Gasteiger partial charge in [-0.15, -0.1) is 0 Å². The third kappa shape index (κ3) is 4.16. The highest BCUT2D eigenvalue weighted by Crippen LogP contribution is 2.32. The number of rotatable bonds is 6. The van der Waals surface area contributed by atoms with E-state index in [1.807, 2.05) is 79.7 Å². The molecule has 0 unspecified atom stereocenters. The maximum atomic E-state index is 13.0. The van der Waals surface area contributed by atoms with Gasteiger partial charge >= 0.3 is 0 Å². The van der Waals surface area contributed by atoms with E-state index in [0.717, 1.165) is 16.8 Å². The van der Waals surface area contributed by atoms with Crippen molar-refractivity contribution in [3.63, 3.8) is 0 Å². The molecular formula is C29H24N2O3. The first-order valence-electron chi connectivity index (χ1n) is 11.1. The monoisotopic (exact) mass is 448 g/mol. The summed E-state index contributed by atoms with van der Waals surface area (Å²) in [6, 6.07) is 29.5. The molecule has 5 heteroatoms. The van der Waals surface area contributed by atoms with Crippen LogP contribution in [0.15, 0.2) is 102 Å². The summed E-state index contributed by atoms with van der Waals surface area (Å²) in [4.78, 5) is 13.0. The Morgan fingerprint density at radius 2 is 1.65 bits per heavy atom. The number of carbonyl (C=O) groups is 1. The molecule has 4 aromatic rings. The Balaban J connectivity index is 1.37. The van der Waals surface area contributed by atoms with Crippen molar-refractivity contribution in [2.24, 2.45) is 5.10 Å². The fraction of sp³-hybridized carbons (Fsp3) is 0.103. The molecule has 0 radical (unpaired) electrons. The smallest absolute Gasteiger partial charge is 0.280 e. The fourth-order valence-corrected chi connectivity index (χ4v) is 4.06. The highest BCUT2D eigenvalue weighted by Gasteiger charge is 2.28. The lowest BCUT2D eigenvalue weighted by Crippen LogP contribution is -2.21. The van der Waals surface area contributed by atoms with Crippen LogP contribution in [0.5, 0.6) is 11.5 Å². The molecule has 0 saturated carbocycles. The highest BCUT2D eigenvalue weighted by atomic mass is 16.5. The summed E-state index contributed by atoms with van der Waals surface area (Å²) in [6.07, 6.45) is 1.83. The topological polar surface area (TPSA) is 51.1 Å². The second-order valence-corrected chi connectivity index (χ2v) is 8.03. The molecule has 5 nitrogen and oxygen atoms in total. The number of fused-ring (bicyclic) bond motifs is 1. The molecule has 1 amide bonds. The molecule has 0 bridgehead atoms. The third-order valence-electron chi connectivity index (χ3n) is 5.83. The minimum atomic E-state index is -0.154. The van der Waals surface area contributed by atoms with E-state index in [1.165, 1.54) is 15.8 Å². The molecule has 34 heavy (non-hydrogen) atoms. The maximum absolute atomic E-state index is 13.0. The van der Waals surface area contributed by atoms with E-state index in [9.17, 15) is 4.79 Å². The average Bonchev–Trinajstić information content (AvgIpc) is 3.16. The minimum Gasteiger partial charge on any atom is -0.493 e. The zero-order chi connectivity index (χ0) is 23.5. The molecular weight excluding hydrogens is 424 g/mol. The predicted molar refractivity (Wildman–Crippen MR) is 136 cm³/mol. The number of nitrogens with zero attached hydrogens (tertiary/aromatic N) is 2. The van der Waals surface area contributed by atoms with Crippen LogP contribution in [0.1, 0.15) is 18.1 Å². The van der Waals surface area contributed by atoms with Crippen molar-refractivity contribution in [1.82, 2.24) is 0 Å². The molecule has 0 fully saturated rings. The lowest BCUT2D eigenvalue weighted by molar-refractivity contribution is -0.114. The van der Waals surface area contributed by atoms with Gasteiger partial charge in [0.2, 0.25) is 0 Å². The fourth-order valence-electron chi connectivity index (χ4n) is 4.06. The number of para-hydroxylation sites is 1. The van der Waals surface area contributed by atoms with Crippen LogP contribution >= 0.6 is 0 Å². The van der Waals surface area contributed by atoms with Crippen molar-refractivity contribution < 1.29 is 14.3 Å². The van der Waals surface area contributed by atoms with Gasteiger partial charge in [0.15, 0.2) is 11.5 Å². The van der Waals surface area contributed by atoms with Gasteiger partial charge in [0.05, 0.1) is 24.1 Å². The van der Waals surface area contributed by atoms with Crippen molar-refractivity contribution in [2.75, 3.05) is 12.1 Å². The number of hydrogen-bond donors (Lipinski definition) is 0. The van der Waals surface area contributed by atoms with Gasteiger partial charge in [0.25, 0.3) is 5.91 Å². The lowest BCUT2D eigenvalue weighted by Gasteiger charge is -2.13. The molecule has 1 aliphatic heterocycles. The zero-order valence-corrected chi connectivity index (χ0v) is 19.1. The lowest BCUT2D eigenvalue weighted by atomic mass is 10.1. The van der Waals surface area contributed by atoms with Crippen molar-refractivity contribution >= 4 is 34.2 Å². The van der Waals surface area contributed by atoms with Gasteiger partial charge in [-0.25, -0.2) is 0 Å². The first-order valence-corrected chi connectivity index (χ1v) is 11.1. The Hall–Kier alpha value is -4.38. The van der Waals surface area contributed by atoms with Crippen molar-refractivity contribution in [2.45, 2.75) is 13.5 Å². The molecule has 0 aromatic heterocycles. The van der Waals surface area contributed by atoms with E-state index in [1.54, 1.807) is 7.11 Å². The summed E-state index contributed by atoms with van der Waals surface area (Å²) >= 11 is 0. The summed E-state index contributed by atoms with van der Waals surface area (Å²) in [7, 11) is 1.61. The van der Waals surface area contributed by atoms with Gasteiger partial charge in [0, 0.05) is 0 Å². The minimum absolute atomic E-state index is 0.154. The van der Waals surface area contributed by atoms with E-state index in [-0.39, 0.29) is 5.91 Å². The largest absolute Gasteiger partial charge is 0.493 e. The van der Waals surface area contributed by atoms with Crippen molar-refractivity contribution in [1.29, 1.82) is 0 Å². The SMILES string of the molecule is COc1cc(/C=C2/C(=O)N(c3ccccc3)N=C2C)ccc1OCc1cccc2ccccc12. The number of methoxy groups -OCH3 is 1. The van der Waals surface area contributed by atoms with Gasteiger partial charge in [0.1, 0.15) is 6.61 Å². The number of carbonyl (C=O) groups excluding carboxylic acids is 1. The number of amides is 1. The van der Waals surface area contributed by atoms with Crippen LogP contribution in [0.3, 0.4) is 0 Å².